The van der Waals surface area contributed by atoms with Crippen molar-refractivity contribution >= 4 is 29.1 Å². The second-order valence-electron chi connectivity index (χ2n) is 10.6. The molecule has 3 rings (SSSR count). The molecule has 0 aromatic heterocycles. The minimum atomic E-state index is -0.652. The molecule has 0 aliphatic rings. The zero-order valence-electron chi connectivity index (χ0n) is 26.1. The lowest BCUT2D eigenvalue weighted by atomic mass is 9.95. The van der Waals surface area contributed by atoms with E-state index >= 15 is 4.39 Å². The SMILES string of the molecule is C=C(C)C(=O)OCCc1ccc(C#Cc2cc(OC(=O)C(=C)C)c(C(C)=C(C)c3ccc(OC(=O)C(=C)C)cc3)cc2F)cc1. The molecule has 0 saturated carbocycles. The van der Waals surface area contributed by atoms with Gasteiger partial charge in [-0.25, -0.2) is 18.8 Å². The Morgan fingerprint density at radius 1 is 0.711 bits per heavy atom. The van der Waals surface area contributed by atoms with Crippen LogP contribution in [0.25, 0.3) is 11.1 Å². The maximum Gasteiger partial charge on any atom is 0.338 e. The van der Waals surface area contributed by atoms with Gasteiger partial charge in [0.25, 0.3) is 0 Å². The van der Waals surface area contributed by atoms with Gasteiger partial charge in [0.15, 0.2) is 0 Å². The normalized spacial score (nSPS) is 10.9. The van der Waals surface area contributed by atoms with Crippen molar-refractivity contribution in [1.82, 2.24) is 0 Å². The monoisotopic (exact) mass is 606 g/mol. The first-order valence-electron chi connectivity index (χ1n) is 14.1. The fourth-order valence-corrected chi connectivity index (χ4v) is 3.88. The highest BCUT2D eigenvalue weighted by atomic mass is 19.1. The molecule has 0 spiro atoms. The second-order valence-corrected chi connectivity index (χ2v) is 10.6. The first kappa shape index (κ1) is 34.0. The average molecular weight is 607 g/mol. The van der Waals surface area contributed by atoms with Gasteiger partial charge in [-0.2, -0.15) is 0 Å². The summed E-state index contributed by atoms with van der Waals surface area (Å²) in [4.78, 5) is 35.9. The summed E-state index contributed by atoms with van der Waals surface area (Å²) in [6.07, 6.45) is 0.527. The number of carbonyl (C=O) groups is 3. The number of benzene rings is 3. The molecule has 0 amide bonds. The van der Waals surface area contributed by atoms with E-state index in [1.807, 2.05) is 19.1 Å². The summed E-state index contributed by atoms with van der Waals surface area (Å²) in [6, 6.07) is 16.8. The molecule has 0 aliphatic carbocycles. The number of halogens is 1. The maximum absolute atomic E-state index is 15.4. The van der Waals surface area contributed by atoms with E-state index in [-0.39, 0.29) is 29.1 Å². The van der Waals surface area contributed by atoms with Gasteiger partial charge in [-0.1, -0.05) is 55.8 Å². The van der Waals surface area contributed by atoms with Gasteiger partial charge in [-0.3, -0.25) is 0 Å². The van der Waals surface area contributed by atoms with Crippen LogP contribution in [0.2, 0.25) is 0 Å². The standard InChI is InChI=1S/C38H35FO6/c1-23(2)36(40)43-20-19-29-11-9-28(10-12-29)13-14-31-21-35(45-38(42)25(5)6)33(22-34(31)39)27(8)26(7)30-15-17-32(18-16-30)44-37(41)24(3)4/h9-12,15-18,21-22H,1,3,5,19-20H2,2,4,6-8H3. The molecular weight excluding hydrogens is 571 g/mol. The molecule has 0 bridgehead atoms. The largest absolute Gasteiger partial charge is 0.462 e. The molecule has 0 fully saturated rings. The zero-order valence-corrected chi connectivity index (χ0v) is 26.1. The van der Waals surface area contributed by atoms with E-state index in [1.165, 1.54) is 19.1 Å². The number of allylic oxidation sites excluding steroid dienone is 2. The third-order valence-corrected chi connectivity index (χ3v) is 6.70. The molecular formula is C38H35FO6. The van der Waals surface area contributed by atoms with Gasteiger partial charge in [-0.15, -0.1) is 0 Å². The highest BCUT2D eigenvalue weighted by molar-refractivity contribution is 5.94. The lowest BCUT2D eigenvalue weighted by Crippen LogP contribution is -2.10. The Hall–Kier alpha value is -5.48. The van der Waals surface area contributed by atoms with Gasteiger partial charge < -0.3 is 14.2 Å². The van der Waals surface area contributed by atoms with Gasteiger partial charge in [0.1, 0.15) is 17.3 Å². The number of ether oxygens (including phenoxy) is 3. The Kier molecular flexibility index (Phi) is 11.6. The fourth-order valence-electron chi connectivity index (χ4n) is 3.88. The Morgan fingerprint density at radius 3 is 1.87 bits per heavy atom. The van der Waals surface area contributed by atoms with Crippen LogP contribution in [0.1, 0.15) is 62.4 Å². The lowest BCUT2D eigenvalue weighted by molar-refractivity contribution is -0.139. The van der Waals surface area contributed by atoms with Crippen molar-refractivity contribution in [2.45, 2.75) is 41.0 Å². The summed E-state index contributed by atoms with van der Waals surface area (Å²) in [5.74, 6) is 4.09. The van der Waals surface area contributed by atoms with Crippen LogP contribution in [0.15, 0.2) is 97.1 Å². The molecule has 0 saturated heterocycles. The minimum absolute atomic E-state index is 0.0492. The van der Waals surface area contributed by atoms with Crippen LogP contribution in [0.5, 0.6) is 11.5 Å². The summed E-state index contributed by atoms with van der Waals surface area (Å²) < 4.78 is 31.4. The first-order chi connectivity index (χ1) is 21.3. The second kappa shape index (κ2) is 15.3. The third kappa shape index (κ3) is 9.50. The molecule has 0 aliphatic heterocycles. The van der Waals surface area contributed by atoms with Crippen molar-refractivity contribution < 1.29 is 33.0 Å². The van der Waals surface area contributed by atoms with E-state index < -0.39 is 23.7 Å². The van der Waals surface area contributed by atoms with E-state index in [2.05, 4.69) is 31.6 Å². The fraction of sp³-hybridized carbons (Fsp3) is 0.184. The van der Waals surface area contributed by atoms with Gasteiger partial charge in [0.2, 0.25) is 0 Å². The van der Waals surface area contributed by atoms with Crippen molar-refractivity contribution in [2.24, 2.45) is 0 Å². The molecule has 7 heteroatoms. The number of rotatable bonds is 10. The Labute approximate surface area is 263 Å². The molecule has 6 nitrogen and oxygen atoms in total. The van der Waals surface area contributed by atoms with Gasteiger partial charge in [0.05, 0.1) is 12.2 Å². The van der Waals surface area contributed by atoms with Gasteiger partial charge >= 0.3 is 17.9 Å². The van der Waals surface area contributed by atoms with E-state index in [1.54, 1.807) is 57.2 Å². The highest BCUT2D eigenvalue weighted by Crippen LogP contribution is 2.34. The van der Waals surface area contributed by atoms with Crippen LogP contribution >= 0.6 is 0 Å². The molecule has 0 heterocycles. The van der Waals surface area contributed by atoms with Crippen molar-refractivity contribution in [3.05, 3.63) is 131 Å². The van der Waals surface area contributed by atoms with Crippen molar-refractivity contribution in [1.29, 1.82) is 0 Å². The number of carbonyl (C=O) groups excluding carboxylic acids is 3. The average Bonchev–Trinajstić information content (AvgIpc) is 3.01. The smallest absolute Gasteiger partial charge is 0.338 e. The summed E-state index contributed by atoms with van der Waals surface area (Å²) in [5, 5.41) is 0. The highest BCUT2D eigenvalue weighted by Gasteiger charge is 2.17. The predicted octanol–water partition coefficient (Wildman–Crippen LogP) is 7.80. The molecule has 3 aromatic rings. The van der Waals surface area contributed by atoms with Gasteiger partial charge in [0, 0.05) is 40.3 Å². The van der Waals surface area contributed by atoms with E-state index in [0.717, 1.165) is 16.7 Å². The van der Waals surface area contributed by atoms with Crippen LogP contribution in [0.3, 0.4) is 0 Å². The summed E-state index contributed by atoms with van der Waals surface area (Å²) in [7, 11) is 0. The van der Waals surface area contributed by atoms with Crippen molar-refractivity contribution in [2.75, 3.05) is 6.61 Å². The molecule has 3 aromatic carbocycles. The Balaban J connectivity index is 1.91. The Bertz CT molecular complexity index is 1760. The first-order valence-corrected chi connectivity index (χ1v) is 14.1. The van der Waals surface area contributed by atoms with Crippen LogP contribution in [0.4, 0.5) is 4.39 Å². The number of hydrogen-bond acceptors (Lipinski definition) is 6. The van der Waals surface area contributed by atoms with Crippen molar-refractivity contribution in [3.8, 4) is 23.3 Å². The molecule has 45 heavy (non-hydrogen) atoms. The predicted molar refractivity (Wildman–Crippen MR) is 174 cm³/mol. The van der Waals surface area contributed by atoms with Crippen LogP contribution < -0.4 is 9.47 Å². The number of esters is 3. The number of hydrogen-bond donors (Lipinski definition) is 0. The summed E-state index contributed by atoms with van der Waals surface area (Å²) in [5.41, 5.74) is 5.06. The molecule has 0 N–H and O–H groups in total. The molecule has 230 valence electrons. The zero-order chi connectivity index (χ0) is 33.3. The topological polar surface area (TPSA) is 78.9 Å². The minimum Gasteiger partial charge on any atom is -0.462 e. The maximum atomic E-state index is 15.4. The van der Waals surface area contributed by atoms with E-state index in [4.69, 9.17) is 14.2 Å². The van der Waals surface area contributed by atoms with Crippen molar-refractivity contribution in [3.63, 3.8) is 0 Å². The lowest BCUT2D eigenvalue weighted by Gasteiger charge is -2.15. The molecule has 0 radical (unpaired) electrons. The van der Waals surface area contributed by atoms with E-state index in [9.17, 15) is 14.4 Å². The van der Waals surface area contributed by atoms with E-state index in [0.29, 0.717) is 34.4 Å². The van der Waals surface area contributed by atoms with Gasteiger partial charge in [-0.05, 0) is 87.2 Å². The molecule has 0 unspecified atom stereocenters. The quantitative estimate of drug-likeness (QED) is 0.0771. The van der Waals surface area contributed by atoms with Crippen LogP contribution in [-0.2, 0) is 25.5 Å². The Morgan fingerprint density at radius 2 is 1.29 bits per heavy atom. The summed E-state index contributed by atoms with van der Waals surface area (Å²) >= 11 is 0. The third-order valence-electron chi connectivity index (χ3n) is 6.70. The van der Waals surface area contributed by atoms with Crippen LogP contribution in [-0.4, -0.2) is 24.5 Å². The molecule has 0 atom stereocenters. The summed E-state index contributed by atoms with van der Waals surface area (Å²) in [6.45, 7) is 19.3. The van der Waals surface area contributed by atoms with Crippen LogP contribution in [0, 0.1) is 17.7 Å².